The van der Waals surface area contributed by atoms with Crippen LogP contribution in [0.25, 0.3) is 11.6 Å². The molecule has 0 spiro atoms. The summed E-state index contributed by atoms with van der Waals surface area (Å²) in [6.07, 6.45) is 2.86. The highest BCUT2D eigenvalue weighted by molar-refractivity contribution is 6.35. The molecule has 4 heterocycles. The summed E-state index contributed by atoms with van der Waals surface area (Å²) in [5.74, 6) is -1.07. The van der Waals surface area contributed by atoms with Crippen molar-refractivity contribution in [2.45, 2.75) is 20.3 Å². The first-order valence-electron chi connectivity index (χ1n) is 13.1. The monoisotopic (exact) mass is 581 g/mol. The van der Waals surface area contributed by atoms with Crippen LogP contribution in [0.3, 0.4) is 0 Å². The van der Waals surface area contributed by atoms with E-state index in [0.29, 0.717) is 47.1 Å². The number of fused-ring (bicyclic) bond motifs is 1. The Labute approximate surface area is 240 Å². The third-order valence-electron chi connectivity index (χ3n) is 7.09. The molecule has 0 bridgehead atoms. The van der Waals surface area contributed by atoms with Gasteiger partial charge < -0.3 is 30.2 Å². The Kier molecular flexibility index (Phi) is 8.04. The van der Waals surface area contributed by atoms with Gasteiger partial charge in [-0.2, -0.15) is 0 Å². The van der Waals surface area contributed by atoms with Crippen LogP contribution in [0.2, 0.25) is 5.02 Å². The smallest absolute Gasteiger partial charge is 0.340 e. The fraction of sp³-hybridized carbons (Fsp3) is 0.321. The topological polar surface area (TPSA) is 133 Å². The molecule has 1 fully saturated rings. The zero-order valence-electron chi connectivity index (χ0n) is 22.8. The molecule has 2 amide bonds. The standard InChI is InChI=1S/C28H29ClFN7O4/c1-4-41-28(40)23-15(2)20(34-21(23)13-22(38)37-9-7-36(3)8-10-37)12-17-24-25(31-14-32-26(24)35-27(17)39)33-16-5-6-19(30)18(29)11-16/h5-6,11-12,14,34H,4,7-10,13H2,1-3H3,(H2,31,32,33,35,39)/b17-12-. The number of carbonyl (C=O) groups excluding carboxylic acids is 3. The first kappa shape index (κ1) is 28.2. The molecule has 1 saturated heterocycles. The lowest BCUT2D eigenvalue weighted by Gasteiger charge is -2.32. The number of halogens is 2. The molecule has 0 aliphatic carbocycles. The molecule has 5 rings (SSSR count). The van der Waals surface area contributed by atoms with Gasteiger partial charge in [0.05, 0.1) is 34.8 Å². The number of piperazine rings is 1. The van der Waals surface area contributed by atoms with Crippen LogP contribution in [0.1, 0.15) is 39.8 Å². The van der Waals surface area contributed by atoms with Crippen molar-refractivity contribution in [2.24, 2.45) is 0 Å². The SMILES string of the molecule is CCOC(=O)c1c(CC(=O)N2CCN(C)CC2)[nH]c(/C=C2\C(=O)Nc3ncnc(Nc4ccc(F)c(Cl)c4)c32)c1C. The van der Waals surface area contributed by atoms with E-state index in [1.54, 1.807) is 24.8 Å². The van der Waals surface area contributed by atoms with E-state index in [-0.39, 0.29) is 40.9 Å². The second kappa shape index (κ2) is 11.7. The molecule has 2 aliphatic rings. The molecule has 3 aromatic rings. The van der Waals surface area contributed by atoms with E-state index >= 15 is 0 Å². The van der Waals surface area contributed by atoms with Crippen LogP contribution < -0.4 is 10.6 Å². The Hall–Kier alpha value is -4.29. The number of H-pyrrole nitrogens is 1. The summed E-state index contributed by atoms with van der Waals surface area (Å²) in [4.78, 5) is 54.8. The molecule has 41 heavy (non-hydrogen) atoms. The van der Waals surface area contributed by atoms with Gasteiger partial charge in [-0.15, -0.1) is 0 Å². The van der Waals surface area contributed by atoms with Crippen molar-refractivity contribution in [3.63, 3.8) is 0 Å². The van der Waals surface area contributed by atoms with Crippen molar-refractivity contribution < 1.29 is 23.5 Å². The number of anilines is 3. The summed E-state index contributed by atoms with van der Waals surface area (Å²) in [5.41, 5.74) is 2.76. The molecular formula is C28H29ClFN7O4. The molecule has 0 radical (unpaired) electrons. The second-order valence-corrected chi connectivity index (χ2v) is 10.2. The van der Waals surface area contributed by atoms with E-state index in [0.717, 1.165) is 13.1 Å². The average Bonchev–Trinajstić information content (AvgIpc) is 3.42. The highest BCUT2D eigenvalue weighted by Crippen LogP contribution is 2.38. The van der Waals surface area contributed by atoms with Gasteiger partial charge in [0.25, 0.3) is 5.91 Å². The quantitative estimate of drug-likeness (QED) is 0.285. The summed E-state index contributed by atoms with van der Waals surface area (Å²) >= 11 is 5.93. The minimum atomic E-state index is -0.566. The number of benzene rings is 1. The number of esters is 1. The first-order valence-corrected chi connectivity index (χ1v) is 13.5. The summed E-state index contributed by atoms with van der Waals surface area (Å²) < 4.78 is 19.0. The van der Waals surface area contributed by atoms with Gasteiger partial charge in [0, 0.05) is 43.3 Å². The highest BCUT2D eigenvalue weighted by Gasteiger charge is 2.31. The number of aromatic amines is 1. The minimum absolute atomic E-state index is 0.0219. The summed E-state index contributed by atoms with van der Waals surface area (Å²) in [5, 5.41) is 5.72. The van der Waals surface area contributed by atoms with E-state index in [4.69, 9.17) is 16.3 Å². The Morgan fingerprint density at radius 2 is 1.98 bits per heavy atom. The van der Waals surface area contributed by atoms with Crippen LogP contribution >= 0.6 is 11.6 Å². The van der Waals surface area contributed by atoms with Crippen LogP contribution in [0, 0.1) is 12.7 Å². The Bertz CT molecular complexity index is 1560. The van der Waals surface area contributed by atoms with Crippen molar-refractivity contribution in [1.82, 2.24) is 24.8 Å². The number of amides is 2. The molecular weight excluding hydrogens is 553 g/mol. The summed E-state index contributed by atoms with van der Waals surface area (Å²) in [6, 6.07) is 4.12. The minimum Gasteiger partial charge on any atom is -0.462 e. The lowest BCUT2D eigenvalue weighted by molar-refractivity contribution is -0.132. The molecule has 0 unspecified atom stereocenters. The van der Waals surface area contributed by atoms with E-state index < -0.39 is 17.7 Å². The van der Waals surface area contributed by atoms with Gasteiger partial charge in [-0.25, -0.2) is 19.2 Å². The largest absolute Gasteiger partial charge is 0.462 e. The predicted molar refractivity (Wildman–Crippen MR) is 152 cm³/mol. The van der Waals surface area contributed by atoms with Gasteiger partial charge in [-0.3, -0.25) is 9.59 Å². The fourth-order valence-corrected chi connectivity index (χ4v) is 5.05. The molecule has 2 aromatic heterocycles. The number of aromatic nitrogens is 3. The van der Waals surface area contributed by atoms with Crippen molar-refractivity contribution in [3.05, 3.63) is 63.4 Å². The molecule has 13 heteroatoms. The highest BCUT2D eigenvalue weighted by atomic mass is 35.5. The maximum atomic E-state index is 13.7. The maximum absolute atomic E-state index is 13.7. The molecule has 3 N–H and O–H groups in total. The molecule has 0 saturated carbocycles. The first-order chi connectivity index (χ1) is 19.7. The van der Waals surface area contributed by atoms with Crippen molar-refractivity contribution in [1.29, 1.82) is 0 Å². The second-order valence-electron chi connectivity index (χ2n) is 9.81. The summed E-state index contributed by atoms with van der Waals surface area (Å²) in [7, 11) is 2.01. The van der Waals surface area contributed by atoms with Crippen molar-refractivity contribution in [3.8, 4) is 0 Å². The average molecular weight is 582 g/mol. The molecule has 214 valence electrons. The Morgan fingerprint density at radius 1 is 1.22 bits per heavy atom. The normalized spacial score (nSPS) is 16.1. The van der Waals surface area contributed by atoms with Gasteiger partial charge in [0.2, 0.25) is 5.91 Å². The predicted octanol–water partition coefficient (Wildman–Crippen LogP) is 3.64. The number of nitrogens with one attached hydrogen (secondary N) is 3. The molecule has 2 aliphatic heterocycles. The third-order valence-corrected chi connectivity index (χ3v) is 7.38. The molecule has 0 atom stereocenters. The number of hydrogen-bond donors (Lipinski definition) is 3. The Morgan fingerprint density at radius 3 is 2.68 bits per heavy atom. The van der Waals surface area contributed by atoms with Crippen molar-refractivity contribution in [2.75, 3.05) is 50.5 Å². The molecule has 1 aromatic carbocycles. The van der Waals surface area contributed by atoms with Crippen LogP contribution in [-0.4, -0.2) is 82.4 Å². The lowest BCUT2D eigenvalue weighted by atomic mass is 10.0. The van der Waals surface area contributed by atoms with E-state index in [1.165, 1.54) is 24.5 Å². The Balaban J connectivity index is 1.52. The lowest BCUT2D eigenvalue weighted by Crippen LogP contribution is -2.47. The van der Waals surface area contributed by atoms with Gasteiger partial charge in [-0.1, -0.05) is 11.6 Å². The van der Waals surface area contributed by atoms with E-state index in [2.05, 4.69) is 30.5 Å². The summed E-state index contributed by atoms with van der Waals surface area (Å²) in [6.45, 7) is 6.36. The van der Waals surface area contributed by atoms with Gasteiger partial charge in [0.1, 0.15) is 23.8 Å². The number of nitrogens with zero attached hydrogens (tertiary/aromatic N) is 4. The van der Waals surface area contributed by atoms with Crippen LogP contribution in [0.5, 0.6) is 0 Å². The van der Waals surface area contributed by atoms with E-state index in [9.17, 15) is 18.8 Å². The van der Waals surface area contributed by atoms with Gasteiger partial charge in [-0.05, 0) is 50.7 Å². The fourth-order valence-electron chi connectivity index (χ4n) is 4.87. The molecule has 11 nitrogen and oxygen atoms in total. The maximum Gasteiger partial charge on any atom is 0.340 e. The van der Waals surface area contributed by atoms with Crippen LogP contribution in [0.4, 0.5) is 21.7 Å². The van der Waals surface area contributed by atoms with Crippen LogP contribution in [0.15, 0.2) is 24.5 Å². The number of hydrogen-bond acceptors (Lipinski definition) is 8. The van der Waals surface area contributed by atoms with Crippen molar-refractivity contribution >= 4 is 58.4 Å². The van der Waals surface area contributed by atoms with E-state index in [1.807, 2.05) is 7.05 Å². The third kappa shape index (κ3) is 5.79. The zero-order chi connectivity index (χ0) is 29.3. The number of carbonyl (C=O) groups is 3. The van der Waals surface area contributed by atoms with Gasteiger partial charge >= 0.3 is 5.97 Å². The number of likely N-dealkylation sites (N-methyl/N-ethyl adjacent to an activating group) is 1. The number of rotatable bonds is 7. The van der Waals surface area contributed by atoms with Gasteiger partial charge in [0.15, 0.2) is 0 Å². The zero-order valence-corrected chi connectivity index (χ0v) is 23.6. The van der Waals surface area contributed by atoms with Crippen LogP contribution in [-0.2, 0) is 20.7 Å². The number of ether oxygens (including phenoxy) is 1.